The number of hydrogen-bond acceptors (Lipinski definition) is 4. The van der Waals surface area contributed by atoms with Gasteiger partial charge >= 0.3 is 5.97 Å². The second-order valence-electron chi connectivity index (χ2n) is 4.37. The van der Waals surface area contributed by atoms with Crippen LogP contribution in [0.4, 0.5) is 0 Å². The summed E-state index contributed by atoms with van der Waals surface area (Å²) in [4.78, 5) is 25.0. The summed E-state index contributed by atoms with van der Waals surface area (Å²) in [6.07, 6.45) is 4.62. The largest absolute Gasteiger partial charge is 0.469 e. The molecule has 0 N–H and O–H groups in total. The number of likely N-dealkylation sites (tertiary alicyclic amines) is 1. The van der Waals surface area contributed by atoms with Crippen molar-refractivity contribution in [2.45, 2.75) is 19.4 Å². The summed E-state index contributed by atoms with van der Waals surface area (Å²) in [7, 11) is 1.38. The van der Waals surface area contributed by atoms with E-state index in [1.54, 1.807) is 15.8 Å². The highest BCUT2D eigenvalue weighted by Crippen LogP contribution is 2.18. The van der Waals surface area contributed by atoms with Crippen molar-refractivity contribution in [1.29, 1.82) is 0 Å². The fourth-order valence-electron chi connectivity index (χ4n) is 2.15. The molecule has 2 heterocycles. The highest BCUT2D eigenvalue weighted by atomic mass is 16.5. The fraction of sp³-hybridized carbons (Fsp3) is 0.583. The molecule has 1 atom stereocenters. The average Bonchev–Trinajstić information content (AvgIpc) is 3.05. The molecule has 0 spiro atoms. The van der Waals surface area contributed by atoms with Crippen molar-refractivity contribution in [2.24, 2.45) is 5.92 Å². The van der Waals surface area contributed by atoms with E-state index in [0.29, 0.717) is 32.5 Å². The molecule has 0 bridgehead atoms. The van der Waals surface area contributed by atoms with E-state index in [1.807, 2.05) is 12.3 Å². The summed E-state index contributed by atoms with van der Waals surface area (Å²) >= 11 is 0. The molecular formula is C12H17N3O3. The zero-order valence-corrected chi connectivity index (χ0v) is 10.4. The lowest BCUT2D eigenvalue weighted by Crippen LogP contribution is -2.30. The minimum atomic E-state index is -0.225. The van der Waals surface area contributed by atoms with Gasteiger partial charge in [-0.1, -0.05) is 0 Å². The van der Waals surface area contributed by atoms with E-state index in [4.69, 9.17) is 4.74 Å². The van der Waals surface area contributed by atoms with E-state index in [2.05, 4.69) is 5.10 Å². The van der Waals surface area contributed by atoms with Gasteiger partial charge in [-0.3, -0.25) is 14.3 Å². The third kappa shape index (κ3) is 2.88. The monoisotopic (exact) mass is 251 g/mol. The number of aryl methyl sites for hydroxylation is 1. The van der Waals surface area contributed by atoms with Gasteiger partial charge in [0.15, 0.2) is 0 Å². The van der Waals surface area contributed by atoms with Gasteiger partial charge in [0.2, 0.25) is 5.91 Å². The number of carbonyl (C=O) groups excluding carboxylic acids is 2. The maximum Gasteiger partial charge on any atom is 0.310 e. The Hall–Kier alpha value is -1.85. The highest BCUT2D eigenvalue weighted by molar-refractivity contribution is 5.79. The summed E-state index contributed by atoms with van der Waals surface area (Å²) in [5.41, 5.74) is 0. The molecule has 2 rings (SSSR count). The molecule has 1 aliphatic heterocycles. The predicted molar refractivity (Wildman–Crippen MR) is 63.5 cm³/mol. The summed E-state index contributed by atoms with van der Waals surface area (Å²) in [6.45, 7) is 1.69. The van der Waals surface area contributed by atoms with Crippen LogP contribution in [0.1, 0.15) is 12.8 Å². The Kier molecular flexibility index (Phi) is 3.96. The van der Waals surface area contributed by atoms with Crippen molar-refractivity contribution in [3.8, 4) is 0 Å². The van der Waals surface area contributed by atoms with Gasteiger partial charge < -0.3 is 9.64 Å². The molecule has 98 valence electrons. The van der Waals surface area contributed by atoms with Gasteiger partial charge in [0.1, 0.15) is 0 Å². The number of nitrogens with zero attached hydrogens (tertiary/aromatic N) is 3. The summed E-state index contributed by atoms with van der Waals surface area (Å²) in [5.74, 6) is -0.321. The average molecular weight is 251 g/mol. The highest BCUT2D eigenvalue weighted by Gasteiger charge is 2.31. The van der Waals surface area contributed by atoms with Gasteiger partial charge in [-0.05, 0) is 12.5 Å². The van der Waals surface area contributed by atoms with Gasteiger partial charge in [-0.2, -0.15) is 5.10 Å². The number of aromatic nitrogens is 2. The van der Waals surface area contributed by atoms with Crippen molar-refractivity contribution in [1.82, 2.24) is 14.7 Å². The Morgan fingerprint density at radius 2 is 2.33 bits per heavy atom. The molecule has 6 heteroatoms. The number of ether oxygens (including phenoxy) is 1. The molecule has 1 fully saturated rings. The lowest BCUT2D eigenvalue weighted by Gasteiger charge is -2.15. The Balaban J connectivity index is 1.78. The first-order valence-electron chi connectivity index (χ1n) is 6.03. The molecular weight excluding hydrogens is 234 g/mol. The molecule has 1 amide bonds. The third-order valence-corrected chi connectivity index (χ3v) is 3.19. The van der Waals surface area contributed by atoms with Gasteiger partial charge in [0, 0.05) is 38.4 Å². The molecule has 0 radical (unpaired) electrons. The van der Waals surface area contributed by atoms with Crippen LogP contribution in [-0.4, -0.2) is 46.8 Å². The van der Waals surface area contributed by atoms with E-state index < -0.39 is 0 Å². The Bertz CT molecular complexity index is 416. The number of amides is 1. The zero-order chi connectivity index (χ0) is 13.0. The second kappa shape index (κ2) is 5.66. The minimum Gasteiger partial charge on any atom is -0.469 e. The van der Waals surface area contributed by atoms with Crippen molar-refractivity contribution >= 4 is 11.9 Å². The molecule has 1 aromatic heterocycles. The van der Waals surface area contributed by atoms with Crippen LogP contribution in [0.5, 0.6) is 0 Å². The molecule has 1 unspecified atom stereocenters. The van der Waals surface area contributed by atoms with Gasteiger partial charge in [0.25, 0.3) is 0 Å². The smallest absolute Gasteiger partial charge is 0.310 e. The molecule has 0 saturated carbocycles. The Morgan fingerprint density at radius 1 is 1.50 bits per heavy atom. The van der Waals surface area contributed by atoms with E-state index in [-0.39, 0.29) is 17.8 Å². The molecule has 0 aliphatic carbocycles. The summed E-state index contributed by atoms with van der Waals surface area (Å²) in [5, 5.41) is 4.04. The topological polar surface area (TPSA) is 64.4 Å². The van der Waals surface area contributed by atoms with Gasteiger partial charge in [-0.25, -0.2) is 0 Å². The van der Waals surface area contributed by atoms with Crippen LogP contribution in [-0.2, 0) is 20.9 Å². The normalized spacial score (nSPS) is 18.9. The third-order valence-electron chi connectivity index (χ3n) is 3.19. The number of carbonyl (C=O) groups is 2. The van der Waals surface area contributed by atoms with Gasteiger partial charge in [-0.15, -0.1) is 0 Å². The van der Waals surface area contributed by atoms with E-state index >= 15 is 0 Å². The molecule has 1 saturated heterocycles. The van der Waals surface area contributed by atoms with Crippen LogP contribution in [0, 0.1) is 5.92 Å². The van der Waals surface area contributed by atoms with Crippen molar-refractivity contribution in [2.75, 3.05) is 20.2 Å². The van der Waals surface area contributed by atoms with Gasteiger partial charge in [0.05, 0.1) is 13.0 Å². The van der Waals surface area contributed by atoms with Crippen LogP contribution < -0.4 is 0 Å². The molecule has 0 aromatic carbocycles. The van der Waals surface area contributed by atoms with Crippen LogP contribution in [0.2, 0.25) is 0 Å². The SMILES string of the molecule is COC(=O)C1CCN(C(=O)CCn2cccn2)C1. The zero-order valence-electron chi connectivity index (χ0n) is 10.4. The predicted octanol–water partition coefficient (Wildman–Crippen LogP) is 0.295. The number of esters is 1. The van der Waals surface area contributed by atoms with E-state index in [0.717, 1.165) is 0 Å². The maximum absolute atomic E-state index is 11.9. The van der Waals surface area contributed by atoms with Crippen LogP contribution in [0.3, 0.4) is 0 Å². The number of methoxy groups -OCH3 is 1. The Morgan fingerprint density at radius 3 is 3.00 bits per heavy atom. The quantitative estimate of drug-likeness (QED) is 0.722. The van der Waals surface area contributed by atoms with E-state index in [1.165, 1.54) is 7.11 Å². The number of rotatable bonds is 4. The first-order valence-corrected chi connectivity index (χ1v) is 6.03. The minimum absolute atomic E-state index is 0.0666. The molecule has 18 heavy (non-hydrogen) atoms. The summed E-state index contributed by atoms with van der Waals surface area (Å²) < 4.78 is 6.42. The lowest BCUT2D eigenvalue weighted by atomic mass is 10.1. The standard InChI is InChI=1S/C12H17N3O3/c1-18-12(17)10-3-7-14(9-10)11(16)4-8-15-6-2-5-13-15/h2,5-6,10H,3-4,7-9H2,1H3. The molecule has 1 aliphatic rings. The fourth-order valence-corrected chi connectivity index (χ4v) is 2.15. The second-order valence-corrected chi connectivity index (χ2v) is 4.37. The molecule has 6 nitrogen and oxygen atoms in total. The molecule has 1 aromatic rings. The van der Waals surface area contributed by atoms with Crippen LogP contribution in [0.15, 0.2) is 18.5 Å². The maximum atomic E-state index is 11.9. The van der Waals surface area contributed by atoms with Crippen molar-refractivity contribution in [3.63, 3.8) is 0 Å². The van der Waals surface area contributed by atoms with Crippen LogP contribution in [0.25, 0.3) is 0 Å². The first kappa shape index (κ1) is 12.6. The lowest BCUT2D eigenvalue weighted by molar-refractivity contribution is -0.145. The van der Waals surface area contributed by atoms with E-state index in [9.17, 15) is 9.59 Å². The summed E-state index contributed by atoms with van der Waals surface area (Å²) in [6, 6.07) is 1.83. The van der Waals surface area contributed by atoms with Crippen molar-refractivity contribution < 1.29 is 14.3 Å². The van der Waals surface area contributed by atoms with Crippen molar-refractivity contribution in [3.05, 3.63) is 18.5 Å². The first-order chi connectivity index (χ1) is 8.70. The van der Waals surface area contributed by atoms with Crippen LogP contribution >= 0.6 is 0 Å². The number of hydrogen-bond donors (Lipinski definition) is 0. The Labute approximate surface area is 106 Å².